The number of hydrogen-bond donors (Lipinski definition) is 0. The van der Waals surface area contributed by atoms with Gasteiger partial charge in [0.05, 0.1) is 26.4 Å². The van der Waals surface area contributed by atoms with Crippen LogP contribution < -0.4 is 4.74 Å². The predicted octanol–water partition coefficient (Wildman–Crippen LogP) is 1.18. The molecule has 1 aliphatic heterocycles. The molecular weight excluding hydrogens is 246 g/mol. The number of carbonyl (C=O) groups excluding carboxylic acids is 1. The fourth-order valence-corrected chi connectivity index (χ4v) is 2.05. The molecule has 1 heterocycles. The summed E-state index contributed by atoms with van der Waals surface area (Å²) in [6.07, 6.45) is -0.0722. The van der Waals surface area contributed by atoms with Crippen molar-refractivity contribution >= 4 is 5.91 Å². The van der Waals surface area contributed by atoms with E-state index in [1.165, 1.54) is 0 Å². The second-order valence-corrected chi connectivity index (χ2v) is 4.42. The lowest BCUT2D eigenvalue weighted by atomic mass is 10.2. The first kappa shape index (κ1) is 13.8. The number of methoxy groups -OCH3 is 2. The highest BCUT2D eigenvalue weighted by Crippen LogP contribution is 2.15. The van der Waals surface area contributed by atoms with E-state index in [1.54, 1.807) is 31.3 Å². The molecule has 0 radical (unpaired) electrons. The molecule has 1 aliphatic rings. The van der Waals surface area contributed by atoms with Gasteiger partial charge in [-0.15, -0.1) is 0 Å². The van der Waals surface area contributed by atoms with E-state index in [2.05, 4.69) is 0 Å². The summed E-state index contributed by atoms with van der Waals surface area (Å²) in [6, 6.07) is 7.17. The molecule has 19 heavy (non-hydrogen) atoms. The summed E-state index contributed by atoms with van der Waals surface area (Å²) in [5.74, 6) is 0.659. The molecule has 1 aromatic rings. The van der Waals surface area contributed by atoms with Gasteiger partial charge in [0, 0.05) is 25.8 Å². The molecule has 0 spiro atoms. The van der Waals surface area contributed by atoms with Crippen molar-refractivity contribution in [3.05, 3.63) is 29.8 Å². The van der Waals surface area contributed by atoms with Crippen LogP contribution >= 0.6 is 0 Å². The fraction of sp³-hybridized carbons (Fsp3) is 0.500. The first-order valence-corrected chi connectivity index (χ1v) is 6.28. The Balaban J connectivity index is 2.12. The summed E-state index contributed by atoms with van der Waals surface area (Å²) in [5, 5.41) is 0. The Labute approximate surface area is 113 Å². The summed E-state index contributed by atoms with van der Waals surface area (Å²) in [4.78, 5) is 14.2. The molecule has 1 amide bonds. The third kappa shape index (κ3) is 3.45. The minimum absolute atomic E-state index is 0.0218. The second-order valence-electron chi connectivity index (χ2n) is 4.42. The molecule has 0 saturated carbocycles. The fourth-order valence-electron chi connectivity index (χ4n) is 2.05. The molecule has 1 unspecified atom stereocenters. The Hall–Kier alpha value is -1.59. The monoisotopic (exact) mass is 265 g/mol. The van der Waals surface area contributed by atoms with E-state index in [0.29, 0.717) is 37.6 Å². The maximum Gasteiger partial charge on any atom is 0.254 e. The minimum Gasteiger partial charge on any atom is -0.497 e. The number of carbonyl (C=O) groups is 1. The summed E-state index contributed by atoms with van der Waals surface area (Å²) in [6.45, 7) is 2.19. The van der Waals surface area contributed by atoms with Crippen molar-refractivity contribution in [2.24, 2.45) is 0 Å². The van der Waals surface area contributed by atoms with Crippen LogP contribution in [0.3, 0.4) is 0 Å². The zero-order chi connectivity index (χ0) is 13.7. The topological polar surface area (TPSA) is 48.0 Å². The van der Waals surface area contributed by atoms with Gasteiger partial charge in [-0.3, -0.25) is 4.79 Å². The van der Waals surface area contributed by atoms with Crippen molar-refractivity contribution in [3.8, 4) is 5.75 Å². The first-order valence-electron chi connectivity index (χ1n) is 6.28. The number of hydrogen-bond acceptors (Lipinski definition) is 4. The van der Waals surface area contributed by atoms with Gasteiger partial charge in [0.2, 0.25) is 0 Å². The predicted molar refractivity (Wildman–Crippen MR) is 70.5 cm³/mol. The molecule has 0 aromatic heterocycles. The number of amides is 1. The summed E-state index contributed by atoms with van der Waals surface area (Å²) < 4.78 is 15.8. The molecule has 1 aromatic carbocycles. The average Bonchev–Trinajstić information content (AvgIpc) is 2.72. The van der Waals surface area contributed by atoms with Crippen molar-refractivity contribution in [1.29, 1.82) is 0 Å². The largest absolute Gasteiger partial charge is 0.497 e. The maximum atomic E-state index is 12.4. The van der Waals surface area contributed by atoms with Gasteiger partial charge in [0.15, 0.2) is 0 Å². The first-order chi connectivity index (χ1) is 9.24. The van der Waals surface area contributed by atoms with Gasteiger partial charge in [-0.25, -0.2) is 0 Å². The van der Waals surface area contributed by atoms with Crippen LogP contribution in [0.2, 0.25) is 0 Å². The van der Waals surface area contributed by atoms with Gasteiger partial charge in [-0.2, -0.15) is 0 Å². The Morgan fingerprint density at radius 1 is 1.42 bits per heavy atom. The molecule has 1 atom stereocenters. The van der Waals surface area contributed by atoms with E-state index in [0.717, 1.165) is 0 Å². The minimum atomic E-state index is -0.0722. The van der Waals surface area contributed by atoms with Gasteiger partial charge in [-0.1, -0.05) is 6.07 Å². The standard InChI is InChI=1S/C14H19NO4/c1-17-12-5-3-4-11(8-12)14(16)15-6-7-19-10-13(9-15)18-2/h3-5,8,13H,6-7,9-10H2,1-2H3. The number of benzene rings is 1. The third-order valence-corrected chi connectivity index (χ3v) is 3.17. The van der Waals surface area contributed by atoms with Crippen molar-refractivity contribution in [1.82, 2.24) is 4.90 Å². The van der Waals surface area contributed by atoms with Crippen molar-refractivity contribution in [2.75, 3.05) is 40.5 Å². The maximum absolute atomic E-state index is 12.4. The number of nitrogens with zero attached hydrogens (tertiary/aromatic N) is 1. The van der Waals surface area contributed by atoms with Crippen LogP contribution in [0.4, 0.5) is 0 Å². The van der Waals surface area contributed by atoms with E-state index < -0.39 is 0 Å². The van der Waals surface area contributed by atoms with Crippen molar-refractivity contribution in [3.63, 3.8) is 0 Å². The summed E-state index contributed by atoms with van der Waals surface area (Å²) in [7, 11) is 3.22. The number of ether oxygens (including phenoxy) is 3. The summed E-state index contributed by atoms with van der Waals surface area (Å²) in [5.41, 5.74) is 0.621. The van der Waals surface area contributed by atoms with Gasteiger partial charge < -0.3 is 19.1 Å². The number of rotatable bonds is 3. The molecule has 5 heteroatoms. The van der Waals surface area contributed by atoms with E-state index >= 15 is 0 Å². The van der Waals surface area contributed by atoms with E-state index in [9.17, 15) is 4.79 Å². The Bertz CT molecular complexity index is 435. The molecule has 0 N–H and O–H groups in total. The van der Waals surface area contributed by atoms with Gasteiger partial charge in [0.1, 0.15) is 5.75 Å². The third-order valence-electron chi connectivity index (χ3n) is 3.17. The molecule has 2 rings (SSSR count). The Morgan fingerprint density at radius 2 is 2.26 bits per heavy atom. The highest BCUT2D eigenvalue weighted by molar-refractivity contribution is 5.94. The van der Waals surface area contributed by atoms with Crippen LogP contribution in [0.15, 0.2) is 24.3 Å². The molecule has 1 saturated heterocycles. The highest BCUT2D eigenvalue weighted by Gasteiger charge is 2.23. The highest BCUT2D eigenvalue weighted by atomic mass is 16.5. The van der Waals surface area contributed by atoms with Crippen LogP contribution in [0.25, 0.3) is 0 Å². The SMILES string of the molecule is COc1cccc(C(=O)N2CCOCC(OC)C2)c1. The molecule has 5 nitrogen and oxygen atoms in total. The molecule has 104 valence electrons. The van der Waals surface area contributed by atoms with E-state index in [4.69, 9.17) is 14.2 Å². The molecule has 0 bridgehead atoms. The normalized spacial score (nSPS) is 19.9. The second kappa shape index (κ2) is 6.54. The van der Waals surface area contributed by atoms with Crippen LogP contribution in [-0.4, -0.2) is 57.4 Å². The van der Waals surface area contributed by atoms with Crippen LogP contribution in [0, 0.1) is 0 Å². The van der Waals surface area contributed by atoms with E-state index in [1.807, 2.05) is 12.1 Å². The molecule has 0 aliphatic carbocycles. The lowest BCUT2D eigenvalue weighted by Gasteiger charge is -2.23. The van der Waals surface area contributed by atoms with Crippen molar-refractivity contribution < 1.29 is 19.0 Å². The smallest absolute Gasteiger partial charge is 0.254 e. The van der Waals surface area contributed by atoms with Crippen LogP contribution in [-0.2, 0) is 9.47 Å². The van der Waals surface area contributed by atoms with Crippen LogP contribution in [0.5, 0.6) is 5.75 Å². The lowest BCUT2D eigenvalue weighted by Crippen LogP contribution is -2.38. The van der Waals surface area contributed by atoms with Crippen LogP contribution in [0.1, 0.15) is 10.4 Å². The van der Waals surface area contributed by atoms with Gasteiger partial charge in [0.25, 0.3) is 5.91 Å². The van der Waals surface area contributed by atoms with Gasteiger partial charge in [-0.05, 0) is 18.2 Å². The van der Waals surface area contributed by atoms with E-state index in [-0.39, 0.29) is 12.0 Å². The zero-order valence-corrected chi connectivity index (χ0v) is 11.3. The van der Waals surface area contributed by atoms with Crippen molar-refractivity contribution in [2.45, 2.75) is 6.10 Å². The molecular formula is C14H19NO4. The Morgan fingerprint density at radius 3 is 3.00 bits per heavy atom. The Kier molecular flexibility index (Phi) is 4.76. The quantitative estimate of drug-likeness (QED) is 0.823. The van der Waals surface area contributed by atoms with Gasteiger partial charge >= 0.3 is 0 Å². The summed E-state index contributed by atoms with van der Waals surface area (Å²) >= 11 is 0. The molecule has 1 fully saturated rings. The average molecular weight is 265 g/mol. The lowest BCUT2D eigenvalue weighted by molar-refractivity contribution is 0.0225. The zero-order valence-electron chi connectivity index (χ0n) is 11.3.